The van der Waals surface area contributed by atoms with E-state index in [9.17, 15) is 9.90 Å². The minimum atomic E-state index is -0.225. The molecule has 1 aliphatic carbocycles. The molecule has 0 bridgehead atoms. The van der Waals surface area contributed by atoms with Gasteiger partial charge in [0.2, 0.25) is 0 Å². The largest absolute Gasteiger partial charge is 0.508 e. The third-order valence-electron chi connectivity index (χ3n) is 8.88. The zero-order chi connectivity index (χ0) is 30.3. The Morgan fingerprint density at radius 3 is 2.49 bits per heavy atom. The van der Waals surface area contributed by atoms with Crippen molar-refractivity contribution in [2.45, 2.75) is 38.1 Å². The Labute approximate surface area is 260 Å². The van der Waals surface area contributed by atoms with Gasteiger partial charge in [-0.05, 0) is 72.8 Å². The Balaban J connectivity index is 1.18. The first kappa shape index (κ1) is 27.0. The van der Waals surface area contributed by atoms with Crippen molar-refractivity contribution in [1.82, 2.24) is 19.5 Å². The molecule has 7 nitrogen and oxygen atoms in total. The van der Waals surface area contributed by atoms with Crippen LogP contribution in [0.25, 0.3) is 55.5 Å². The first-order chi connectivity index (χ1) is 22.1. The van der Waals surface area contributed by atoms with Crippen LogP contribution >= 0.6 is 0 Å². The van der Waals surface area contributed by atoms with Crippen LogP contribution in [-0.4, -0.2) is 30.5 Å². The molecule has 220 valence electrons. The van der Waals surface area contributed by atoms with Gasteiger partial charge in [-0.1, -0.05) is 67.8 Å². The third-order valence-corrected chi connectivity index (χ3v) is 8.88. The number of hydrogen-bond donors (Lipinski definition) is 2. The summed E-state index contributed by atoms with van der Waals surface area (Å²) in [6.45, 7) is 0. The van der Waals surface area contributed by atoms with Crippen LogP contribution in [0.4, 0.5) is 5.69 Å². The first-order valence-electron chi connectivity index (χ1n) is 15.5. The van der Waals surface area contributed by atoms with Crippen LogP contribution in [0, 0.1) is 0 Å². The fraction of sp³-hybridized carbons (Fsp3) is 0.158. The number of phenols is 1. The van der Waals surface area contributed by atoms with Gasteiger partial charge in [-0.25, -0.2) is 9.97 Å². The maximum atomic E-state index is 13.5. The molecule has 45 heavy (non-hydrogen) atoms. The van der Waals surface area contributed by atoms with Gasteiger partial charge in [-0.3, -0.25) is 9.78 Å². The molecule has 7 aromatic rings. The second kappa shape index (κ2) is 11.2. The van der Waals surface area contributed by atoms with E-state index in [1.807, 2.05) is 85.1 Å². The highest BCUT2D eigenvalue weighted by molar-refractivity contribution is 6.10. The Hall–Kier alpha value is -5.56. The highest BCUT2D eigenvalue weighted by Crippen LogP contribution is 2.37. The van der Waals surface area contributed by atoms with Crippen LogP contribution in [0.15, 0.2) is 109 Å². The summed E-state index contributed by atoms with van der Waals surface area (Å²) in [6, 6.07) is 33.2. The van der Waals surface area contributed by atoms with Crippen molar-refractivity contribution in [2.75, 3.05) is 5.32 Å². The number of aromatic nitrogens is 4. The van der Waals surface area contributed by atoms with E-state index in [2.05, 4.69) is 22.0 Å². The third kappa shape index (κ3) is 5.06. The lowest BCUT2D eigenvalue weighted by atomic mass is 9.94. The number of fused-ring (bicyclic) bond motifs is 3. The van der Waals surface area contributed by atoms with Crippen LogP contribution in [0.3, 0.4) is 0 Å². The van der Waals surface area contributed by atoms with E-state index in [4.69, 9.17) is 15.0 Å². The molecule has 2 N–H and O–H groups in total. The van der Waals surface area contributed by atoms with Gasteiger partial charge in [-0.2, -0.15) is 0 Å². The topological polar surface area (TPSA) is 92.9 Å². The molecule has 1 aliphatic rings. The summed E-state index contributed by atoms with van der Waals surface area (Å²) >= 11 is 0. The Morgan fingerprint density at radius 2 is 1.62 bits per heavy atom. The number of benzene rings is 5. The van der Waals surface area contributed by atoms with Gasteiger partial charge in [0.05, 0.1) is 34.0 Å². The van der Waals surface area contributed by atoms with Crippen molar-refractivity contribution in [1.29, 1.82) is 0 Å². The number of imidazole rings is 1. The molecule has 1 fully saturated rings. The second-order valence-corrected chi connectivity index (χ2v) is 11.8. The Bertz CT molecular complexity index is 2220. The molecule has 0 unspecified atom stereocenters. The number of phenolic OH excluding ortho intramolecular Hbond substituents is 1. The van der Waals surface area contributed by atoms with E-state index >= 15 is 0 Å². The van der Waals surface area contributed by atoms with Crippen LogP contribution in [0.1, 0.15) is 48.5 Å². The molecule has 7 heteroatoms. The quantitative estimate of drug-likeness (QED) is 0.209. The van der Waals surface area contributed by atoms with Crippen LogP contribution in [-0.2, 0) is 0 Å². The summed E-state index contributed by atoms with van der Waals surface area (Å²) in [5.41, 5.74) is 7.49. The van der Waals surface area contributed by atoms with Crippen molar-refractivity contribution >= 4 is 44.4 Å². The lowest BCUT2D eigenvalue weighted by molar-refractivity contribution is 0.102. The van der Waals surface area contributed by atoms with E-state index in [0.29, 0.717) is 17.3 Å². The minimum Gasteiger partial charge on any atom is -0.508 e. The molecule has 0 saturated heterocycles. The van der Waals surface area contributed by atoms with E-state index < -0.39 is 0 Å². The van der Waals surface area contributed by atoms with Gasteiger partial charge >= 0.3 is 0 Å². The summed E-state index contributed by atoms with van der Waals surface area (Å²) < 4.78 is 2.37. The molecular formula is C38H31N5O2. The summed E-state index contributed by atoms with van der Waals surface area (Å²) in [5, 5.41) is 14.8. The molecule has 2 heterocycles. The number of amides is 1. The molecule has 0 spiro atoms. The number of nitrogens with zero attached hydrogens (tertiary/aromatic N) is 4. The maximum Gasteiger partial charge on any atom is 0.255 e. The number of nitrogens with one attached hydrogen (secondary N) is 1. The number of carbonyl (C=O) groups excluding carboxylic acids is 1. The number of carbonyl (C=O) groups is 1. The lowest BCUT2D eigenvalue weighted by Gasteiger charge is -2.25. The summed E-state index contributed by atoms with van der Waals surface area (Å²) in [5.74, 6) is 0.814. The average molecular weight is 590 g/mol. The summed E-state index contributed by atoms with van der Waals surface area (Å²) in [7, 11) is 0. The van der Waals surface area contributed by atoms with E-state index in [0.717, 1.165) is 68.3 Å². The summed E-state index contributed by atoms with van der Waals surface area (Å²) in [6.07, 6.45) is 7.66. The van der Waals surface area contributed by atoms with Gasteiger partial charge in [0.25, 0.3) is 5.91 Å². The maximum absolute atomic E-state index is 13.5. The van der Waals surface area contributed by atoms with Crippen molar-refractivity contribution < 1.29 is 9.90 Å². The van der Waals surface area contributed by atoms with Crippen LogP contribution in [0.2, 0.25) is 0 Å². The fourth-order valence-electron chi connectivity index (χ4n) is 6.61. The van der Waals surface area contributed by atoms with Crippen LogP contribution in [0.5, 0.6) is 5.75 Å². The zero-order valence-electron chi connectivity index (χ0n) is 24.6. The van der Waals surface area contributed by atoms with Crippen molar-refractivity contribution in [3.05, 3.63) is 115 Å². The van der Waals surface area contributed by atoms with Gasteiger partial charge in [0, 0.05) is 33.8 Å². The van der Waals surface area contributed by atoms with Gasteiger partial charge < -0.3 is 15.0 Å². The normalized spacial score (nSPS) is 13.9. The summed E-state index contributed by atoms with van der Waals surface area (Å²) in [4.78, 5) is 28.3. The first-order valence-corrected chi connectivity index (χ1v) is 15.5. The van der Waals surface area contributed by atoms with Crippen molar-refractivity contribution in [3.63, 3.8) is 0 Å². The van der Waals surface area contributed by atoms with E-state index in [-0.39, 0.29) is 11.7 Å². The number of anilines is 1. The number of aromatic hydroxyl groups is 1. The molecule has 5 aromatic carbocycles. The molecule has 2 aromatic heterocycles. The molecular weight excluding hydrogens is 558 g/mol. The predicted molar refractivity (Wildman–Crippen MR) is 179 cm³/mol. The molecule has 0 aliphatic heterocycles. The fourth-order valence-corrected chi connectivity index (χ4v) is 6.61. The number of rotatable bonds is 5. The van der Waals surface area contributed by atoms with Crippen LogP contribution < -0.4 is 5.32 Å². The standard InChI is InChI=1S/C38H31N5O2/c44-29-17-14-24-10-7-13-31(30(24)22-29)42-38(45)27-16-19-36-34(21-27)41-37(43(36)28-11-5-2-6-12-28)26-15-18-32-33(20-26)39-23-35(40-32)25-8-3-1-4-9-25/h1,3-4,7-10,13-23,28,44H,2,5-6,11-12H2,(H,42,45). The van der Waals surface area contributed by atoms with E-state index in [1.165, 1.54) is 19.3 Å². The van der Waals surface area contributed by atoms with Crippen molar-refractivity contribution in [2.24, 2.45) is 0 Å². The SMILES string of the molecule is O=C(Nc1cccc2ccc(O)cc12)c1ccc2c(c1)nc(-c1ccc3nc(-c4ccccc4)cnc3c1)n2C1CCCCC1. The lowest BCUT2D eigenvalue weighted by Crippen LogP contribution is -2.14. The Kier molecular flexibility index (Phi) is 6.71. The highest BCUT2D eigenvalue weighted by atomic mass is 16.3. The molecule has 0 atom stereocenters. The smallest absolute Gasteiger partial charge is 0.255 e. The predicted octanol–water partition coefficient (Wildman–Crippen LogP) is 8.93. The van der Waals surface area contributed by atoms with Gasteiger partial charge in [0.15, 0.2) is 0 Å². The Morgan fingerprint density at radius 1 is 0.756 bits per heavy atom. The van der Waals surface area contributed by atoms with Crippen molar-refractivity contribution in [3.8, 4) is 28.4 Å². The average Bonchev–Trinajstić information content (AvgIpc) is 3.48. The monoisotopic (exact) mass is 589 g/mol. The van der Waals surface area contributed by atoms with E-state index in [1.54, 1.807) is 12.1 Å². The molecule has 0 radical (unpaired) electrons. The second-order valence-electron chi connectivity index (χ2n) is 11.8. The molecule has 1 saturated carbocycles. The van der Waals surface area contributed by atoms with Gasteiger partial charge in [0.1, 0.15) is 11.6 Å². The highest BCUT2D eigenvalue weighted by Gasteiger charge is 2.23. The zero-order valence-corrected chi connectivity index (χ0v) is 24.6. The number of hydrogen-bond acceptors (Lipinski definition) is 5. The van der Waals surface area contributed by atoms with Gasteiger partial charge in [-0.15, -0.1) is 0 Å². The molecule has 8 rings (SSSR count). The molecule has 1 amide bonds. The minimum absolute atomic E-state index is 0.155.